The molecule has 0 N–H and O–H groups in total. The Labute approximate surface area is 122 Å². The molecule has 2 aromatic heterocycles. The van der Waals surface area contributed by atoms with Gasteiger partial charge in [0.1, 0.15) is 12.7 Å². The van der Waals surface area contributed by atoms with Crippen LogP contribution in [0.15, 0.2) is 17.2 Å². The molecule has 6 heteroatoms. The minimum Gasteiger partial charge on any atom is -0.339 e. The summed E-state index contributed by atoms with van der Waals surface area (Å²) in [6, 6.07) is 0. The van der Waals surface area contributed by atoms with Crippen LogP contribution in [0.5, 0.6) is 0 Å². The summed E-state index contributed by atoms with van der Waals surface area (Å²) in [5, 5.41) is 8.51. The van der Waals surface area contributed by atoms with Crippen molar-refractivity contribution in [3.8, 4) is 0 Å². The lowest BCUT2D eigenvalue weighted by molar-refractivity contribution is -0.0786. The zero-order valence-electron chi connectivity index (χ0n) is 12.2. The normalized spacial score (nSPS) is 40.8. The van der Waals surface area contributed by atoms with E-state index in [9.17, 15) is 0 Å². The first-order chi connectivity index (χ1) is 10.2. The lowest BCUT2D eigenvalue weighted by Gasteiger charge is -2.60. The first-order valence-corrected chi connectivity index (χ1v) is 7.83. The Bertz CT molecular complexity index is 662. The van der Waals surface area contributed by atoms with Crippen molar-refractivity contribution in [2.45, 2.75) is 56.4 Å². The third kappa shape index (κ3) is 1.53. The van der Waals surface area contributed by atoms with Gasteiger partial charge in [0, 0.05) is 0 Å². The Kier molecular flexibility index (Phi) is 2.11. The van der Waals surface area contributed by atoms with Crippen LogP contribution in [0.2, 0.25) is 0 Å². The SMILES string of the molecule is Cc1noc(C23CC4CC(C2)CC(n2cncn2)(C4)C3)n1. The van der Waals surface area contributed by atoms with Crippen LogP contribution in [-0.2, 0) is 11.0 Å². The average Bonchev–Trinajstić information content (AvgIpc) is 3.08. The van der Waals surface area contributed by atoms with Crippen molar-refractivity contribution in [2.75, 3.05) is 0 Å². The Balaban J connectivity index is 1.63. The first kappa shape index (κ1) is 11.9. The molecular formula is C15H19N5O. The second kappa shape index (κ2) is 3.72. The van der Waals surface area contributed by atoms with Crippen LogP contribution in [0, 0.1) is 18.8 Å². The van der Waals surface area contributed by atoms with Crippen LogP contribution < -0.4 is 0 Å². The summed E-state index contributed by atoms with van der Waals surface area (Å²) in [6.45, 7) is 1.90. The number of hydrogen-bond donors (Lipinski definition) is 0. The van der Waals surface area contributed by atoms with Crippen molar-refractivity contribution in [1.29, 1.82) is 0 Å². The summed E-state index contributed by atoms with van der Waals surface area (Å²) in [4.78, 5) is 8.77. The molecule has 6 rings (SSSR count). The van der Waals surface area contributed by atoms with Crippen LogP contribution in [0.25, 0.3) is 0 Å². The van der Waals surface area contributed by atoms with E-state index < -0.39 is 0 Å². The van der Waals surface area contributed by atoms with E-state index in [0.29, 0.717) is 0 Å². The lowest BCUT2D eigenvalue weighted by Crippen LogP contribution is -2.58. The molecule has 6 nitrogen and oxygen atoms in total. The molecule has 4 fully saturated rings. The largest absolute Gasteiger partial charge is 0.339 e. The number of aromatic nitrogens is 5. The molecule has 0 radical (unpaired) electrons. The van der Waals surface area contributed by atoms with Gasteiger partial charge in [0.25, 0.3) is 0 Å². The first-order valence-electron chi connectivity index (χ1n) is 7.83. The maximum absolute atomic E-state index is 5.61. The van der Waals surface area contributed by atoms with E-state index in [2.05, 4.69) is 24.9 Å². The van der Waals surface area contributed by atoms with Crippen LogP contribution in [0.3, 0.4) is 0 Å². The van der Waals surface area contributed by atoms with E-state index in [0.717, 1.165) is 30.0 Å². The highest BCUT2D eigenvalue weighted by Crippen LogP contribution is 2.64. The fraction of sp³-hybridized carbons (Fsp3) is 0.733. The van der Waals surface area contributed by atoms with Crippen molar-refractivity contribution in [3.63, 3.8) is 0 Å². The summed E-state index contributed by atoms with van der Waals surface area (Å²) < 4.78 is 7.72. The van der Waals surface area contributed by atoms with E-state index >= 15 is 0 Å². The van der Waals surface area contributed by atoms with Gasteiger partial charge < -0.3 is 4.52 Å². The van der Waals surface area contributed by atoms with Crippen molar-refractivity contribution in [2.24, 2.45) is 11.8 Å². The summed E-state index contributed by atoms with van der Waals surface area (Å²) in [6.07, 6.45) is 10.8. The molecule has 0 spiro atoms. The van der Waals surface area contributed by atoms with Gasteiger partial charge in [-0.3, -0.25) is 0 Å². The Hall–Kier alpha value is -1.72. The quantitative estimate of drug-likeness (QED) is 0.846. The second-order valence-corrected chi connectivity index (χ2v) is 7.45. The maximum atomic E-state index is 5.61. The summed E-state index contributed by atoms with van der Waals surface area (Å²) >= 11 is 0. The Morgan fingerprint density at radius 2 is 2.05 bits per heavy atom. The van der Waals surface area contributed by atoms with Crippen molar-refractivity contribution >= 4 is 0 Å². The number of nitrogens with zero attached hydrogens (tertiary/aromatic N) is 5. The second-order valence-electron chi connectivity index (χ2n) is 7.45. The van der Waals surface area contributed by atoms with Gasteiger partial charge in [0.15, 0.2) is 5.82 Å². The van der Waals surface area contributed by atoms with E-state index in [-0.39, 0.29) is 11.0 Å². The summed E-state index contributed by atoms with van der Waals surface area (Å²) in [5.74, 6) is 3.11. The molecule has 2 heterocycles. The minimum atomic E-state index is 0.0668. The van der Waals surface area contributed by atoms with Gasteiger partial charge in [-0.2, -0.15) is 10.1 Å². The maximum Gasteiger partial charge on any atom is 0.232 e. The highest BCUT2D eigenvalue weighted by atomic mass is 16.5. The summed E-state index contributed by atoms with van der Waals surface area (Å²) in [5.41, 5.74) is 0.181. The molecule has 0 aliphatic heterocycles. The molecule has 2 unspecified atom stereocenters. The van der Waals surface area contributed by atoms with Crippen LogP contribution in [0.1, 0.15) is 50.2 Å². The molecule has 2 aromatic rings. The molecular weight excluding hydrogens is 266 g/mol. The zero-order chi connectivity index (χ0) is 14.1. The summed E-state index contributed by atoms with van der Waals surface area (Å²) in [7, 11) is 0. The molecule has 4 bridgehead atoms. The molecule has 0 aromatic carbocycles. The van der Waals surface area contributed by atoms with E-state index in [1.807, 2.05) is 13.3 Å². The number of aryl methyl sites for hydroxylation is 1. The van der Waals surface area contributed by atoms with Crippen molar-refractivity contribution in [3.05, 3.63) is 24.4 Å². The van der Waals surface area contributed by atoms with Gasteiger partial charge in [-0.25, -0.2) is 9.67 Å². The predicted octanol–water partition coefficient (Wildman–Crippen LogP) is 2.22. The van der Waals surface area contributed by atoms with Crippen LogP contribution >= 0.6 is 0 Å². The molecule has 4 saturated carbocycles. The van der Waals surface area contributed by atoms with Crippen molar-refractivity contribution < 1.29 is 4.52 Å². The van der Waals surface area contributed by atoms with Gasteiger partial charge in [-0.15, -0.1) is 0 Å². The Morgan fingerprint density at radius 3 is 2.67 bits per heavy atom. The zero-order valence-corrected chi connectivity index (χ0v) is 12.2. The third-order valence-electron chi connectivity index (χ3n) is 5.92. The topological polar surface area (TPSA) is 69.6 Å². The monoisotopic (exact) mass is 285 g/mol. The van der Waals surface area contributed by atoms with Gasteiger partial charge in [0.05, 0.1) is 11.0 Å². The van der Waals surface area contributed by atoms with Crippen LogP contribution in [-0.4, -0.2) is 24.9 Å². The average molecular weight is 285 g/mol. The molecule has 2 atom stereocenters. The molecule has 0 saturated heterocycles. The minimum absolute atomic E-state index is 0.0668. The molecule has 0 amide bonds. The van der Waals surface area contributed by atoms with E-state index in [4.69, 9.17) is 4.52 Å². The smallest absolute Gasteiger partial charge is 0.232 e. The number of hydrogen-bond acceptors (Lipinski definition) is 5. The Morgan fingerprint density at radius 1 is 1.24 bits per heavy atom. The van der Waals surface area contributed by atoms with Crippen LogP contribution in [0.4, 0.5) is 0 Å². The fourth-order valence-electron chi connectivity index (χ4n) is 5.70. The highest BCUT2D eigenvalue weighted by molar-refractivity contribution is 5.19. The standard InChI is InChI=1S/C15H19N5O/c1-10-18-13(21-19-10)14-3-11-2-12(4-14)6-15(5-11,7-14)20-9-16-8-17-20/h8-9,11-12H,2-7H2,1H3. The highest BCUT2D eigenvalue weighted by Gasteiger charge is 2.61. The molecule has 4 aliphatic rings. The van der Waals surface area contributed by atoms with Crippen molar-refractivity contribution in [1.82, 2.24) is 24.9 Å². The molecule has 4 aliphatic carbocycles. The predicted molar refractivity (Wildman–Crippen MR) is 73.4 cm³/mol. The lowest BCUT2D eigenvalue weighted by atomic mass is 9.47. The van der Waals surface area contributed by atoms with Gasteiger partial charge in [0.2, 0.25) is 5.89 Å². The number of rotatable bonds is 2. The third-order valence-corrected chi connectivity index (χ3v) is 5.92. The van der Waals surface area contributed by atoms with Gasteiger partial charge in [-0.1, -0.05) is 5.16 Å². The van der Waals surface area contributed by atoms with Gasteiger partial charge in [-0.05, 0) is 57.3 Å². The molecule has 21 heavy (non-hydrogen) atoms. The van der Waals surface area contributed by atoms with E-state index in [1.165, 1.54) is 32.1 Å². The molecule has 110 valence electrons. The fourth-order valence-corrected chi connectivity index (χ4v) is 5.70. The van der Waals surface area contributed by atoms with Gasteiger partial charge >= 0.3 is 0 Å². The van der Waals surface area contributed by atoms with E-state index in [1.54, 1.807) is 6.33 Å².